The van der Waals surface area contributed by atoms with Crippen molar-refractivity contribution in [1.29, 1.82) is 5.26 Å². The Kier molecular flexibility index (Phi) is 8.28. The molecule has 4 N–H and O–H groups in total. The number of hydrogen-bond donors (Lipinski definition) is 3. The number of ketones is 1. The first-order valence-electron chi connectivity index (χ1n) is 10.9. The van der Waals surface area contributed by atoms with Crippen molar-refractivity contribution >= 4 is 34.0 Å². The summed E-state index contributed by atoms with van der Waals surface area (Å²) >= 11 is 1.30. The second-order valence-electron chi connectivity index (χ2n) is 7.61. The number of anilines is 1. The number of amides is 1. The van der Waals surface area contributed by atoms with Crippen molar-refractivity contribution in [3.05, 3.63) is 68.9 Å². The highest BCUT2D eigenvalue weighted by Crippen LogP contribution is 2.39. The number of rotatable bonds is 9. The van der Waals surface area contributed by atoms with Crippen molar-refractivity contribution in [3.8, 4) is 11.8 Å². The quantitative estimate of drug-likeness (QED) is 0.119. The number of hydrogen-bond acceptors (Lipinski definition) is 9. The number of primary amides is 1. The van der Waals surface area contributed by atoms with Crippen LogP contribution in [0.15, 0.2) is 47.4 Å². The predicted molar refractivity (Wildman–Crippen MR) is 130 cm³/mol. The third-order valence-corrected chi connectivity index (χ3v) is 6.61. The minimum Gasteiger partial charge on any atom is -0.504 e. The van der Waals surface area contributed by atoms with E-state index in [1.165, 1.54) is 30.6 Å². The van der Waals surface area contributed by atoms with Crippen molar-refractivity contribution in [1.82, 2.24) is 0 Å². The lowest BCUT2D eigenvalue weighted by atomic mass is 9.95. The standard InChI is InChI=1S/C25H25N3O6S/c1-3-34-25(32)21-16-6-4-5-7-20(16)35-24(21)28-18(22(30)17(13-26)23(27)31)12-19(29)14-8-10-15(33-2)11-9-14/h8-12,28,30H,3-7H2,1-2H3,(H2,27,31)/b18-12-,22-17-. The number of carbonyl (C=O) groups excluding carboxylic acids is 3. The molecule has 182 valence electrons. The van der Waals surface area contributed by atoms with Gasteiger partial charge in [-0.25, -0.2) is 4.79 Å². The van der Waals surface area contributed by atoms with Crippen LogP contribution in [-0.2, 0) is 22.4 Å². The molecule has 0 fully saturated rings. The monoisotopic (exact) mass is 495 g/mol. The van der Waals surface area contributed by atoms with Gasteiger partial charge in [0.05, 0.1) is 25.0 Å². The number of aliphatic hydroxyl groups excluding tert-OH is 1. The Morgan fingerprint density at radius 1 is 1.23 bits per heavy atom. The SMILES string of the molecule is CCOC(=O)c1c(NC(=C\C(=O)c2ccc(OC)cc2)/C(O)=C(\C#N)C(N)=O)sc2c1CCCC2. The van der Waals surface area contributed by atoms with Gasteiger partial charge in [-0.2, -0.15) is 5.26 Å². The van der Waals surface area contributed by atoms with Crippen LogP contribution in [0.2, 0.25) is 0 Å². The lowest BCUT2D eigenvalue weighted by molar-refractivity contribution is -0.114. The van der Waals surface area contributed by atoms with Crippen LogP contribution < -0.4 is 15.8 Å². The minimum absolute atomic E-state index is 0.174. The first-order valence-corrected chi connectivity index (χ1v) is 11.7. The van der Waals surface area contributed by atoms with Crippen molar-refractivity contribution in [3.63, 3.8) is 0 Å². The molecule has 10 heteroatoms. The van der Waals surface area contributed by atoms with Crippen LogP contribution in [0.3, 0.4) is 0 Å². The van der Waals surface area contributed by atoms with Crippen LogP contribution in [0.1, 0.15) is 50.9 Å². The van der Waals surface area contributed by atoms with Crippen LogP contribution in [0.5, 0.6) is 5.75 Å². The number of methoxy groups -OCH3 is 1. The fourth-order valence-electron chi connectivity index (χ4n) is 3.69. The van der Waals surface area contributed by atoms with Crippen molar-refractivity contribution in [2.75, 3.05) is 19.0 Å². The number of esters is 1. The smallest absolute Gasteiger partial charge is 0.341 e. The van der Waals surface area contributed by atoms with E-state index < -0.39 is 29.0 Å². The Bertz CT molecular complexity index is 1250. The fourth-order valence-corrected chi connectivity index (χ4v) is 4.98. The number of benzene rings is 1. The molecule has 0 bridgehead atoms. The van der Waals surface area contributed by atoms with Gasteiger partial charge in [-0.3, -0.25) is 9.59 Å². The molecule has 0 radical (unpaired) electrons. The van der Waals surface area contributed by atoms with Crippen LogP contribution in [-0.4, -0.2) is 36.5 Å². The van der Waals surface area contributed by atoms with Gasteiger partial charge in [0.15, 0.2) is 17.1 Å². The predicted octanol–water partition coefficient (Wildman–Crippen LogP) is 3.81. The average Bonchev–Trinajstić information content (AvgIpc) is 3.21. The van der Waals surface area contributed by atoms with Gasteiger partial charge in [-0.1, -0.05) is 0 Å². The van der Waals surface area contributed by atoms with Gasteiger partial charge < -0.3 is 25.6 Å². The molecule has 1 amide bonds. The molecular weight excluding hydrogens is 470 g/mol. The summed E-state index contributed by atoms with van der Waals surface area (Å²) in [7, 11) is 1.50. The number of fused-ring (bicyclic) bond motifs is 1. The van der Waals surface area contributed by atoms with E-state index in [9.17, 15) is 24.8 Å². The summed E-state index contributed by atoms with van der Waals surface area (Å²) in [5.74, 6) is -2.47. The normalized spacial score (nSPS) is 13.7. The fraction of sp³-hybridized carbons (Fsp3) is 0.280. The van der Waals surface area contributed by atoms with Crippen LogP contribution in [0.4, 0.5) is 5.00 Å². The van der Waals surface area contributed by atoms with Crippen LogP contribution >= 0.6 is 11.3 Å². The van der Waals surface area contributed by atoms with Gasteiger partial charge in [0.2, 0.25) is 0 Å². The van der Waals surface area contributed by atoms with Gasteiger partial charge in [0.1, 0.15) is 16.8 Å². The summed E-state index contributed by atoms with van der Waals surface area (Å²) in [6, 6.07) is 7.82. The largest absolute Gasteiger partial charge is 0.504 e. The molecule has 0 spiro atoms. The maximum atomic E-state index is 13.0. The molecule has 0 saturated carbocycles. The van der Waals surface area contributed by atoms with E-state index in [1.807, 2.05) is 0 Å². The molecule has 1 aromatic carbocycles. The summed E-state index contributed by atoms with van der Waals surface area (Å²) in [5.41, 5.74) is 5.72. The summed E-state index contributed by atoms with van der Waals surface area (Å²) in [5, 5.41) is 23.3. The zero-order valence-electron chi connectivity index (χ0n) is 19.3. The molecule has 1 aliphatic rings. The molecule has 1 aromatic heterocycles. The van der Waals surface area contributed by atoms with Gasteiger partial charge in [-0.15, -0.1) is 11.3 Å². The third-order valence-electron chi connectivity index (χ3n) is 5.40. The Labute approximate surface area is 206 Å². The highest BCUT2D eigenvalue weighted by molar-refractivity contribution is 7.16. The Morgan fingerprint density at radius 3 is 2.51 bits per heavy atom. The first-order chi connectivity index (χ1) is 16.8. The summed E-state index contributed by atoms with van der Waals surface area (Å²) in [6.07, 6.45) is 4.41. The Hall–Kier alpha value is -4.10. The Balaban J connectivity index is 2.12. The van der Waals surface area contributed by atoms with E-state index in [2.05, 4.69) is 5.32 Å². The molecule has 9 nitrogen and oxygen atoms in total. The van der Waals surface area contributed by atoms with Gasteiger partial charge in [-0.05, 0) is 62.4 Å². The molecule has 35 heavy (non-hydrogen) atoms. The number of nitrogens with one attached hydrogen (secondary N) is 1. The molecule has 0 aliphatic heterocycles. The Morgan fingerprint density at radius 2 is 1.91 bits per heavy atom. The van der Waals surface area contributed by atoms with E-state index in [0.29, 0.717) is 22.7 Å². The maximum Gasteiger partial charge on any atom is 0.341 e. The van der Waals surface area contributed by atoms with Crippen LogP contribution in [0, 0.1) is 11.3 Å². The topological polar surface area (TPSA) is 152 Å². The first kappa shape index (κ1) is 25.5. The van der Waals surface area contributed by atoms with E-state index in [4.69, 9.17) is 15.2 Å². The van der Waals surface area contributed by atoms with Crippen LogP contribution in [0.25, 0.3) is 0 Å². The number of thiophene rings is 1. The molecule has 0 saturated heterocycles. The number of ether oxygens (including phenoxy) is 2. The second-order valence-corrected chi connectivity index (χ2v) is 8.72. The maximum absolute atomic E-state index is 13.0. The number of nitrogens with zero attached hydrogens (tertiary/aromatic N) is 1. The number of carbonyl (C=O) groups is 3. The van der Waals surface area contributed by atoms with Crippen molar-refractivity contribution in [2.24, 2.45) is 5.73 Å². The molecule has 3 rings (SSSR count). The molecule has 1 heterocycles. The minimum atomic E-state index is -1.16. The molecular formula is C25H25N3O6S. The molecule has 0 atom stereocenters. The van der Waals surface area contributed by atoms with E-state index in [1.54, 1.807) is 25.1 Å². The molecule has 2 aromatic rings. The summed E-state index contributed by atoms with van der Waals surface area (Å²) < 4.78 is 10.3. The number of aliphatic hydroxyl groups is 1. The second kappa shape index (κ2) is 11.4. The molecule has 0 unspecified atom stereocenters. The highest BCUT2D eigenvalue weighted by Gasteiger charge is 2.28. The van der Waals surface area contributed by atoms with Gasteiger partial charge >= 0.3 is 5.97 Å². The lowest BCUT2D eigenvalue weighted by Gasteiger charge is -2.14. The van der Waals surface area contributed by atoms with E-state index >= 15 is 0 Å². The zero-order valence-corrected chi connectivity index (χ0v) is 20.2. The highest BCUT2D eigenvalue weighted by atomic mass is 32.1. The molecule has 1 aliphatic carbocycles. The third kappa shape index (κ3) is 5.70. The van der Waals surface area contributed by atoms with E-state index in [-0.39, 0.29) is 17.9 Å². The summed E-state index contributed by atoms with van der Waals surface area (Å²) in [4.78, 5) is 38.5. The van der Waals surface area contributed by atoms with Gasteiger partial charge in [0.25, 0.3) is 5.91 Å². The van der Waals surface area contributed by atoms with Crippen molar-refractivity contribution < 1.29 is 29.0 Å². The zero-order chi connectivity index (χ0) is 25.5. The lowest BCUT2D eigenvalue weighted by Crippen LogP contribution is -2.18. The summed E-state index contributed by atoms with van der Waals surface area (Å²) in [6.45, 7) is 1.87. The number of allylic oxidation sites excluding steroid dienone is 1. The number of nitriles is 1. The van der Waals surface area contributed by atoms with E-state index in [0.717, 1.165) is 35.8 Å². The number of nitrogens with two attached hydrogens (primary N) is 1. The van der Waals surface area contributed by atoms with Gasteiger partial charge in [0, 0.05) is 16.5 Å². The number of aryl methyl sites for hydroxylation is 1. The average molecular weight is 496 g/mol. The van der Waals surface area contributed by atoms with Crippen molar-refractivity contribution in [2.45, 2.75) is 32.6 Å².